The van der Waals surface area contributed by atoms with Crippen LogP contribution in [0.25, 0.3) is 0 Å². The van der Waals surface area contributed by atoms with Gasteiger partial charge in [-0.1, -0.05) is 0 Å². The van der Waals surface area contributed by atoms with E-state index in [0.717, 1.165) is 11.8 Å². The van der Waals surface area contributed by atoms with Gasteiger partial charge >= 0.3 is 5.69 Å². The normalized spacial score (nSPS) is 33.7. The minimum atomic E-state index is -0.427. The number of nitrogens with zero attached hydrogens (tertiary/aromatic N) is 3. The predicted octanol–water partition coefficient (Wildman–Crippen LogP) is 2.35. The Kier molecular flexibility index (Phi) is 3.62. The van der Waals surface area contributed by atoms with E-state index in [1.807, 2.05) is 0 Å². The van der Waals surface area contributed by atoms with Gasteiger partial charge in [-0.15, -0.1) is 0 Å². The van der Waals surface area contributed by atoms with Gasteiger partial charge in [-0.3, -0.25) is 19.6 Å². The van der Waals surface area contributed by atoms with Crippen molar-refractivity contribution in [2.45, 2.75) is 58.5 Å². The lowest BCUT2D eigenvalue weighted by Gasteiger charge is -2.54. The van der Waals surface area contributed by atoms with Crippen molar-refractivity contribution in [1.29, 1.82) is 0 Å². The van der Waals surface area contributed by atoms with Gasteiger partial charge in [-0.05, 0) is 69.6 Å². The smallest absolute Gasteiger partial charge is 0.312 e. The zero-order chi connectivity index (χ0) is 17.0. The van der Waals surface area contributed by atoms with Crippen molar-refractivity contribution < 1.29 is 9.72 Å². The average Bonchev–Trinajstić information content (AvgIpc) is 2.76. The maximum Gasteiger partial charge on any atom is 0.312 e. The van der Waals surface area contributed by atoms with E-state index in [1.54, 1.807) is 13.8 Å². The Morgan fingerprint density at radius 1 is 1.21 bits per heavy atom. The van der Waals surface area contributed by atoms with Crippen LogP contribution in [-0.4, -0.2) is 26.7 Å². The van der Waals surface area contributed by atoms with Crippen LogP contribution in [0.15, 0.2) is 0 Å². The number of nitro groups is 1. The van der Waals surface area contributed by atoms with E-state index in [9.17, 15) is 14.9 Å². The molecule has 7 heteroatoms. The first-order valence-electron chi connectivity index (χ1n) is 8.90. The van der Waals surface area contributed by atoms with Crippen molar-refractivity contribution in [3.05, 3.63) is 21.5 Å². The molecular formula is C17H24N4O3. The van der Waals surface area contributed by atoms with E-state index in [0.29, 0.717) is 23.2 Å². The van der Waals surface area contributed by atoms with Crippen LogP contribution >= 0.6 is 0 Å². The van der Waals surface area contributed by atoms with Crippen LogP contribution in [-0.2, 0) is 11.3 Å². The van der Waals surface area contributed by atoms with Crippen LogP contribution in [0, 0.1) is 47.6 Å². The number of carbonyl (C=O) groups excluding carboxylic acids is 1. The summed E-state index contributed by atoms with van der Waals surface area (Å²) in [5.41, 5.74) is 0.815. The van der Waals surface area contributed by atoms with Gasteiger partial charge in [0.1, 0.15) is 17.9 Å². The Morgan fingerprint density at radius 2 is 1.79 bits per heavy atom. The monoisotopic (exact) mass is 332 g/mol. The lowest BCUT2D eigenvalue weighted by atomic mass is 9.54. The van der Waals surface area contributed by atoms with Gasteiger partial charge in [0.2, 0.25) is 5.91 Å². The largest absolute Gasteiger partial charge is 0.351 e. The van der Waals surface area contributed by atoms with Crippen molar-refractivity contribution in [3.8, 4) is 0 Å². The highest BCUT2D eigenvalue weighted by molar-refractivity contribution is 5.76. The molecule has 24 heavy (non-hydrogen) atoms. The zero-order valence-corrected chi connectivity index (χ0v) is 14.2. The van der Waals surface area contributed by atoms with Crippen molar-refractivity contribution in [2.24, 2.45) is 23.7 Å². The van der Waals surface area contributed by atoms with E-state index in [1.165, 1.54) is 36.8 Å². The molecule has 1 heterocycles. The van der Waals surface area contributed by atoms with Gasteiger partial charge < -0.3 is 5.32 Å². The maximum absolute atomic E-state index is 12.5. The highest BCUT2D eigenvalue weighted by Gasteiger charge is 2.48. The van der Waals surface area contributed by atoms with Crippen LogP contribution in [0.1, 0.15) is 43.5 Å². The summed E-state index contributed by atoms with van der Waals surface area (Å²) in [5, 5.41) is 18.5. The molecule has 130 valence electrons. The van der Waals surface area contributed by atoms with Crippen molar-refractivity contribution in [2.75, 3.05) is 0 Å². The third kappa shape index (κ3) is 2.50. The van der Waals surface area contributed by atoms with Gasteiger partial charge in [0, 0.05) is 6.04 Å². The summed E-state index contributed by atoms with van der Waals surface area (Å²) >= 11 is 0. The number of nitrogens with one attached hydrogen (secondary N) is 1. The summed E-state index contributed by atoms with van der Waals surface area (Å²) in [7, 11) is 0. The molecule has 1 amide bonds. The first-order chi connectivity index (χ1) is 11.4. The Morgan fingerprint density at radius 3 is 2.29 bits per heavy atom. The second kappa shape index (κ2) is 5.57. The van der Waals surface area contributed by atoms with Crippen LogP contribution in [0.3, 0.4) is 0 Å². The minimum Gasteiger partial charge on any atom is -0.351 e. The molecule has 1 N–H and O–H groups in total. The Labute approximate surface area is 140 Å². The number of amides is 1. The third-order valence-corrected chi connectivity index (χ3v) is 6.37. The van der Waals surface area contributed by atoms with E-state index in [4.69, 9.17) is 0 Å². The third-order valence-electron chi connectivity index (χ3n) is 6.37. The van der Waals surface area contributed by atoms with Crippen LogP contribution < -0.4 is 5.32 Å². The minimum absolute atomic E-state index is 0.0115. The zero-order valence-electron chi connectivity index (χ0n) is 14.2. The van der Waals surface area contributed by atoms with Gasteiger partial charge in [-0.2, -0.15) is 5.10 Å². The molecule has 0 radical (unpaired) electrons. The molecule has 0 unspecified atom stereocenters. The number of rotatable bonds is 4. The molecule has 4 saturated carbocycles. The summed E-state index contributed by atoms with van der Waals surface area (Å²) in [5.74, 6) is 2.92. The molecule has 1 aromatic heterocycles. The summed E-state index contributed by atoms with van der Waals surface area (Å²) in [6, 6.07) is 0.289. The Bertz CT molecular complexity index is 668. The molecule has 4 bridgehead atoms. The van der Waals surface area contributed by atoms with Gasteiger partial charge in [0.05, 0.1) is 4.92 Å². The molecule has 7 nitrogen and oxygen atoms in total. The molecule has 0 saturated heterocycles. The maximum atomic E-state index is 12.5. The number of hydrogen-bond donors (Lipinski definition) is 1. The van der Waals surface area contributed by atoms with Crippen molar-refractivity contribution >= 4 is 11.6 Å². The molecule has 4 aliphatic carbocycles. The molecule has 4 fully saturated rings. The van der Waals surface area contributed by atoms with Crippen molar-refractivity contribution in [1.82, 2.24) is 15.1 Å². The lowest BCUT2D eigenvalue weighted by Crippen LogP contribution is -2.56. The summed E-state index contributed by atoms with van der Waals surface area (Å²) in [6.07, 6.45) is 6.41. The highest BCUT2D eigenvalue weighted by Crippen LogP contribution is 2.53. The van der Waals surface area contributed by atoms with Crippen LogP contribution in [0.2, 0.25) is 0 Å². The summed E-state index contributed by atoms with van der Waals surface area (Å²) in [6.45, 7) is 3.31. The van der Waals surface area contributed by atoms with Crippen LogP contribution in [0.5, 0.6) is 0 Å². The first kappa shape index (κ1) is 15.6. The van der Waals surface area contributed by atoms with E-state index in [-0.39, 0.29) is 24.2 Å². The molecule has 4 aliphatic rings. The molecule has 0 atom stereocenters. The SMILES string of the molecule is Cc1nn(CC(=O)NC2C3CC4CC(C3)CC2C4)c(C)c1[N+](=O)[O-]. The topological polar surface area (TPSA) is 90.1 Å². The highest BCUT2D eigenvalue weighted by atomic mass is 16.6. The number of hydrogen-bond acceptors (Lipinski definition) is 4. The fourth-order valence-corrected chi connectivity index (χ4v) is 5.63. The molecule has 0 spiro atoms. The predicted molar refractivity (Wildman–Crippen MR) is 87.3 cm³/mol. The lowest BCUT2D eigenvalue weighted by molar-refractivity contribution is -0.386. The average molecular weight is 332 g/mol. The summed E-state index contributed by atoms with van der Waals surface area (Å²) < 4.78 is 1.46. The quantitative estimate of drug-likeness (QED) is 0.677. The number of aryl methyl sites for hydroxylation is 1. The molecule has 1 aromatic rings. The molecule has 0 aliphatic heterocycles. The molecule has 0 aromatic carbocycles. The van der Waals surface area contributed by atoms with Gasteiger partial charge in [0.15, 0.2) is 0 Å². The fourth-order valence-electron chi connectivity index (χ4n) is 5.63. The van der Waals surface area contributed by atoms with Gasteiger partial charge in [0.25, 0.3) is 0 Å². The first-order valence-corrected chi connectivity index (χ1v) is 8.90. The Balaban J connectivity index is 1.44. The standard InChI is InChI=1S/C17H24N4O3/c1-9-17(21(23)24)10(2)20(19-9)8-15(22)18-16-13-4-11-3-12(6-13)7-14(16)5-11/h11-14,16H,3-8H2,1-2H3,(H,18,22). The summed E-state index contributed by atoms with van der Waals surface area (Å²) in [4.78, 5) is 23.2. The fraction of sp³-hybridized carbons (Fsp3) is 0.765. The number of carbonyl (C=O) groups is 1. The van der Waals surface area contributed by atoms with Crippen LogP contribution in [0.4, 0.5) is 5.69 Å². The molecular weight excluding hydrogens is 308 g/mol. The second-order valence-electron chi connectivity index (χ2n) is 7.96. The van der Waals surface area contributed by atoms with E-state index < -0.39 is 4.92 Å². The molecule has 5 rings (SSSR count). The van der Waals surface area contributed by atoms with Crippen molar-refractivity contribution in [3.63, 3.8) is 0 Å². The van der Waals surface area contributed by atoms with E-state index in [2.05, 4.69) is 10.4 Å². The van der Waals surface area contributed by atoms with Gasteiger partial charge in [-0.25, -0.2) is 0 Å². The number of aromatic nitrogens is 2. The second-order valence-corrected chi connectivity index (χ2v) is 7.96. The van der Waals surface area contributed by atoms with E-state index >= 15 is 0 Å². The Hall–Kier alpha value is -1.92.